The summed E-state index contributed by atoms with van der Waals surface area (Å²) in [5.41, 5.74) is 0.857. The molecular weight excluding hydrogens is 244 g/mol. The molecule has 1 amide bonds. The van der Waals surface area contributed by atoms with Gasteiger partial charge in [-0.15, -0.1) is 0 Å². The van der Waals surface area contributed by atoms with E-state index in [9.17, 15) is 9.59 Å². The summed E-state index contributed by atoms with van der Waals surface area (Å²) in [5, 5.41) is 3.14. The Kier molecular flexibility index (Phi) is 4.16. The van der Waals surface area contributed by atoms with Gasteiger partial charge < -0.3 is 15.0 Å². The molecule has 1 aliphatic heterocycles. The number of nitrogens with one attached hydrogen (secondary N) is 1. The van der Waals surface area contributed by atoms with Gasteiger partial charge in [-0.05, 0) is 19.1 Å². The SMILES string of the molecule is COC(=O)CC1NC(C)CN(c2ccccc2)C1=O. The molecule has 2 rings (SSSR count). The minimum Gasteiger partial charge on any atom is -0.469 e. The fraction of sp³-hybridized carbons (Fsp3) is 0.429. The van der Waals surface area contributed by atoms with Gasteiger partial charge in [-0.1, -0.05) is 18.2 Å². The summed E-state index contributed by atoms with van der Waals surface area (Å²) in [5.74, 6) is -0.470. The van der Waals surface area contributed by atoms with Crippen molar-refractivity contribution in [1.29, 1.82) is 0 Å². The Hall–Kier alpha value is -1.88. The van der Waals surface area contributed by atoms with Crippen molar-refractivity contribution in [2.24, 2.45) is 0 Å². The van der Waals surface area contributed by atoms with E-state index in [0.29, 0.717) is 6.54 Å². The minimum absolute atomic E-state index is 0.0585. The number of anilines is 1. The Balaban J connectivity index is 2.16. The zero-order valence-electron chi connectivity index (χ0n) is 11.1. The average Bonchev–Trinajstić information content (AvgIpc) is 2.43. The molecule has 1 heterocycles. The molecule has 1 aromatic carbocycles. The van der Waals surface area contributed by atoms with E-state index in [-0.39, 0.29) is 24.3 Å². The second kappa shape index (κ2) is 5.84. The number of hydrogen-bond donors (Lipinski definition) is 1. The van der Waals surface area contributed by atoms with Crippen molar-refractivity contribution in [3.05, 3.63) is 30.3 Å². The summed E-state index contributed by atoms with van der Waals surface area (Å²) in [4.78, 5) is 25.4. The van der Waals surface area contributed by atoms with Gasteiger partial charge in [0.15, 0.2) is 0 Å². The maximum atomic E-state index is 12.4. The van der Waals surface area contributed by atoms with Crippen LogP contribution in [0.1, 0.15) is 13.3 Å². The number of methoxy groups -OCH3 is 1. The summed E-state index contributed by atoms with van der Waals surface area (Å²) in [6.07, 6.45) is 0.0585. The van der Waals surface area contributed by atoms with Gasteiger partial charge in [0.1, 0.15) is 0 Å². The third-order valence-corrected chi connectivity index (χ3v) is 3.17. The van der Waals surface area contributed by atoms with Crippen LogP contribution in [-0.2, 0) is 14.3 Å². The first kappa shape index (κ1) is 13.5. The average molecular weight is 262 g/mol. The number of carbonyl (C=O) groups excluding carboxylic acids is 2. The number of amides is 1. The first-order valence-electron chi connectivity index (χ1n) is 6.31. The summed E-state index contributed by atoms with van der Waals surface area (Å²) >= 11 is 0. The maximum absolute atomic E-state index is 12.4. The van der Waals surface area contributed by atoms with Gasteiger partial charge >= 0.3 is 5.97 Å². The number of esters is 1. The van der Waals surface area contributed by atoms with Crippen LogP contribution in [0.5, 0.6) is 0 Å². The lowest BCUT2D eigenvalue weighted by Crippen LogP contribution is -2.59. The van der Waals surface area contributed by atoms with Gasteiger partial charge in [-0.2, -0.15) is 0 Å². The van der Waals surface area contributed by atoms with Gasteiger partial charge in [0.25, 0.3) is 0 Å². The Bertz CT molecular complexity index is 461. The molecule has 102 valence electrons. The van der Waals surface area contributed by atoms with Gasteiger partial charge in [-0.25, -0.2) is 0 Å². The summed E-state index contributed by atoms with van der Waals surface area (Å²) in [6.45, 7) is 2.59. The van der Waals surface area contributed by atoms with E-state index < -0.39 is 6.04 Å². The molecule has 19 heavy (non-hydrogen) atoms. The van der Waals surface area contributed by atoms with Gasteiger partial charge in [0, 0.05) is 18.3 Å². The van der Waals surface area contributed by atoms with E-state index in [2.05, 4.69) is 10.1 Å². The van der Waals surface area contributed by atoms with E-state index in [4.69, 9.17) is 0 Å². The Labute approximate surface area is 112 Å². The van der Waals surface area contributed by atoms with Gasteiger partial charge in [0.05, 0.1) is 19.6 Å². The Morgan fingerprint density at radius 1 is 1.42 bits per heavy atom. The molecule has 0 saturated carbocycles. The fourth-order valence-corrected chi connectivity index (χ4v) is 2.26. The molecule has 1 aromatic rings. The molecule has 1 N–H and O–H groups in total. The largest absolute Gasteiger partial charge is 0.469 e. The lowest BCUT2D eigenvalue weighted by atomic mass is 10.1. The highest BCUT2D eigenvalue weighted by atomic mass is 16.5. The number of ether oxygens (including phenoxy) is 1. The van der Waals surface area contributed by atoms with E-state index in [1.165, 1.54) is 7.11 Å². The normalized spacial score (nSPS) is 23.3. The van der Waals surface area contributed by atoms with Crippen LogP contribution in [0.25, 0.3) is 0 Å². The molecule has 1 saturated heterocycles. The lowest BCUT2D eigenvalue weighted by Gasteiger charge is -2.36. The van der Waals surface area contributed by atoms with Gasteiger partial charge in [-0.3, -0.25) is 9.59 Å². The van der Waals surface area contributed by atoms with Crippen LogP contribution in [0, 0.1) is 0 Å². The van der Waals surface area contributed by atoms with Crippen LogP contribution < -0.4 is 10.2 Å². The van der Waals surface area contributed by atoms with Gasteiger partial charge in [0.2, 0.25) is 5.91 Å². The molecule has 0 aromatic heterocycles. The third-order valence-electron chi connectivity index (χ3n) is 3.17. The van der Waals surface area contributed by atoms with Crippen molar-refractivity contribution < 1.29 is 14.3 Å². The minimum atomic E-state index is -0.517. The van der Waals surface area contributed by atoms with Crippen LogP contribution >= 0.6 is 0 Å². The molecule has 0 aliphatic carbocycles. The topological polar surface area (TPSA) is 58.6 Å². The molecule has 5 nitrogen and oxygen atoms in total. The fourth-order valence-electron chi connectivity index (χ4n) is 2.26. The second-order valence-electron chi connectivity index (χ2n) is 4.68. The molecule has 1 aliphatic rings. The molecule has 2 unspecified atom stereocenters. The van der Waals surface area contributed by atoms with E-state index >= 15 is 0 Å². The van der Waals surface area contributed by atoms with Crippen molar-refractivity contribution in [2.75, 3.05) is 18.6 Å². The van der Waals surface area contributed by atoms with Crippen molar-refractivity contribution in [3.8, 4) is 0 Å². The molecule has 1 fully saturated rings. The number of nitrogens with zero attached hydrogens (tertiary/aromatic N) is 1. The van der Waals surface area contributed by atoms with Crippen LogP contribution in [0.3, 0.4) is 0 Å². The number of benzene rings is 1. The maximum Gasteiger partial charge on any atom is 0.307 e. The highest BCUT2D eigenvalue weighted by Gasteiger charge is 2.34. The number of piperazine rings is 1. The first-order chi connectivity index (χ1) is 9.11. The number of carbonyl (C=O) groups is 2. The number of rotatable bonds is 3. The predicted molar refractivity (Wildman–Crippen MR) is 71.8 cm³/mol. The predicted octanol–water partition coefficient (Wildman–Crippen LogP) is 0.943. The number of para-hydroxylation sites is 1. The van der Waals surface area contributed by atoms with Crippen LogP contribution in [0.2, 0.25) is 0 Å². The van der Waals surface area contributed by atoms with Crippen LogP contribution in [-0.4, -0.2) is 37.6 Å². The van der Waals surface area contributed by atoms with Crippen molar-refractivity contribution in [1.82, 2.24) is 5.32 Å². The highest BCUT2D eigenvalue weighted by Crippen LogP contribution is 2.19. The monoisotopic (exact) mass is 262 g/mol. The quantitative estimate of drug-likeness (QED) is 0.824. The summed E-state index contributed by atoms with van der Waals surface area (Å²) in [6, 6.07) is 9.10. The second-order valence-corrected chi connectivity index (χ2v) is 4.68. The van der Waals surface area contributed by atoms with E-state index in [0.717, 1.165) is 5.69 Å². The van der Waals surface area contributed by atoms with E-state index in [1.807, 2.05) is 37.3 Å². The highest BCUT2D eigenvalue weighted by molar-refractivity contribution is 5.99. The molecule has 0 radical (unpaired) electrons. The molecule has 2 atom stereocenters. The third kappa shape index (κ3) is 3.12. The summed E-state index contributed by atoms with van der Waals surface area (Å²) in [7, 11) is 1.33. The molecule has 5 heteroatoms. The van der Waals surface area contributed by atoms with Crippen molar-refractivity contribution in [3.63, 3.8) is 0 Å². The number of hydrogen-bond acceptors (Lipinski definition) is 4. The zero-order valence-corrected chi connectivity index (χ0v) is 11.1. The van der Waals surface area contributed by atoms with Crippen molar-refractivity contribution >= 4 is 17.6 Å². The first-order valence-corrected chi connectivity index (χ1v) is 6.31. The molecular formula is C14H18N2O3. The standard InChI is InChI=1S/C14H18N2O3/c1-10-9-16(11-6-4-3-5-7-11)14(18)12(15-10)8-13(17)19-2/h3-7,10,12,15H,8-9H2,1-2H3. The zero-order chi connectivity index (χ0) is 13.8. The van der Waals surface area contributed by atoms with Crippen LogP contribution in [0.4, 0.5) is 5.69 Å². The van der Waals surface area contributed by atoms with E-state index in [1.54, 1.807) is 4.90 Å². The molecule has 0 bridgehead atoms. The molecule has 0 spiro atoms. The summed E-state index contributed by atoms with van der Waals surface area (Å²) < 4.78 is 4.63. The Morgan fingerprint density at radius 2 is 2.11 bits per heavy atom. The van der Waals surface area contributed by atoms with Crippen molar-refractivity contribution in [2.45, 2.75) is 25.4 Å². The smallest absolute Gasteiger partial charge is 0.307 e. The lowest BCUT2D eigenvalue weighted by molar-refractivity contribution is -0.143. The van der Waals surface area contributed by atoms with Crippen LogP contribution in [0.15, 0.2) is 30.3 Å². The Morgan fingerprint density at radius 3 is 2.74 bits per heavy atom.